The first-order valence-electron chi connectivity index (χ1n) is 9.11. The third-order valence-electron chi connectivity index (χ3n) is 4.40. The number of rotatable bonds is 7. The Labute approximate surface area is 169 Å². The van der Waals surface area contributed by atoms with Crippen molar-refractivity contribution < 1.29 is 9.59 Å². The Kier molecular flexibility index (Phi) is 6.31. The number of amides is 1. The molecule has 2 aromatic carbocycles. The summed E-state index contributed by atoms with van der Waals surface area (Å²) in [5.41, 5.74) is 3.66. The normalized spacial score (nSPS) is 10.7. The maximum atomic E-state index is 12.7. The highest BCUT2D eigenvalue weighted by Crippen LogP contribution is 2.19. The monoisotopic (exact) mass is 393 g/mol. The highest BCUT2D eigenvalue weighted by molar-refractivity contribution is 7.99. The van der Waals surface area contributed by atoms with Gasteiger partial charge in [0.15, 0.2) is 0 Å². The number of thioether (sulfide) groups is 1. The van der Waals surface area contributed by atoms with Gasteiger partial charge < -0.3 is 5.32 Å². The van der Waals surface area contributed by atoms with Crippen molar-refractivity contribution >= 4 is 23.5 Å². The molecule has 0 spiro atoms. The first-order chi connectivity index (χ1) is 13.5. The number of carbonyl (C=O) groups is 2. The van der Waals surface area contributed by atoms with Gasteiger partial charge in [0.1, 0.15) is 0 Å². The molecule has 0 aliphatic carbocycles. The Morgan fingerprint density at radius 2 is 1.68 bits per heavy atom. The molecule has 0 saturated heterocycles. The minimum absolute atomic E-state index is 0.368. The Morgan fingerprint density at radius 1 is 1.00 bits per heavy atom. The van der Waals surface area contributed by atoms with Gasteiger partial charge in [0.2, 0.25) is 0 Å². The fraction of sp³-hybridized carbons (Fsp3) is 0.227. The molecule has 0 aliphatic heterocycles. The van der Waals surface area contributed by atoms with E-state index in [1.165, 1.54) is 5.56 Å². The summed E-state index contributed by atoms with van der Waals surface area (Å²) in [6.07, 6.45) is 0. The van der Waals surface area contributed by atoms with E-state index in [9.17, 15) is 9.59 Å². The van der Waals surface area contributed by atoms with E-state index in [4.69, 9.17) is 0 Å². The van der Waals surface area contributed by atoms with Crippen LogP contribution in [-0.2, 0) is 4.79 Å². The van der Waals surface area contributed by atoms with Crippen LogP contribution in [0.5, 0.6) is 0 Å². The summed E-state index contributed by atoms with van der Waals surface area (Å²) in [5, 5.41) is 7.16. The number of hydrogen-bond donors (Lipinski definition) is 1. The van der Waals surface area contributed by atoms with Crippen molar-refractivity contribution in [1.82, 2.24) is 15.1 Å². The zero-order valence-electron chi connectivity index (χ0n) is 16.2. The van der Waals surface area contributed by atoms with Gasteiger partial charge >= 0.3 is 0 Å². The molecular formula is C22H23N3O2S. The quantitative estimate of drug-likeness (QED) is 0.286. The molecule has 0 aliphatic rings. The number of aryl methyl sites for hydroxylation is 2. The number of ketones is 1. The predicted molar refractivity (Wildman–Crippen MR) is 112 cm³/mol. The van der Waals surface area contributed by atoms with Crippen LogP contribution in [0.4, 0.5) is 0 Å². The average Bonchev–Trinajstić information content (AvgIpc) is 3.00. The van der Waals surface area contributed by atoms with Gasteiger partial charge in [0.25, 0.3) is 11.7 Å². The number of carbonyl (C=O) groups excluding carboxylic acids is 2. The summed E-state index contributed by atoms with van der Waals surface area (Å²) < 4.78 is 1.70. The molecule has 0 bridgehead atoms. The average molecular weight is 394 g/mol. The lowest BCUT2D eigenvalue weighted by Crippen LogP contribution is -2.33. The van der Waals surface area contributed by atoms with Gasteiger partial charge in [-0.2, -0.15) is 5.10 Å². The lowest BCUT2D eigenvalue weighted by Gasteiger charge is -2.06. The zero-order chi connectivity index (χ0) is 20.1. The molecule has 0 fully saturated rings. The molecule has 0 radical (unpaired) electrons. The maximum Gasteiger partial charge on any atom is 0.292 e. The Morgan fingerprint density at radius 3 is 2.36 bits per heavy atom. The van der Waals surface area contributed by atoms with E-state index in [1.54, 1.807) is 30.3 Å². The van der Waals surface area contributed by atoms with Crippen LogP contribution in [-0.4, -0.2) is 33.8 Å². The topological polar surface area (TPSA) is 64.0 Å². The summed E-state index contributed by atoms with van der Waals surface area (Å²) in [5.74, 6) is -0.440. The molecule has 1 amide bonds. The van der Waals surface area contributed by atoms with Crippen molar-refractivity contribution in [2.75, 3.05) is 12.3 Å². The minimum Gasteiger partial charge on any atom is -0.348 e. The van der Waals surface area contributed by atoms with E-state index in [1.807, 2.05) is 37.3 Å². The third-order valence-corrected chi connectivity index (χ3v) is 5.42. The molecule has 3 rings (SSSR count). The summed E-state index contributed by atoms with van der Waals surface area (Å²) in [6, 6.07) is 17.8. The standard InChI is InChI=1S/C22H23N3O2S/c1-15-9-11-19(12-10-15)28-14-13-23-22(27)21(26)20-16(2)24-25(17(20)3)18-7-5-4-6-8-18/h4-12H,13-14H2,1-3H3,(H,23,27). The Hall–Kier alpha value is -2.86. The zero-order valence-corrected chi connectivity index (χ0v) is 17.0. The lowest BCUT2D eigenvalue weighted by atomic mass is 10.1. The number of aromatic nitrogens is 2. The van der Waals surface area contributed by atoms with Crippen LogP contribution < -0.4 is 5.32 Å². The van der Waals surface area contributed by atoms with E-state index >= 15 is 0 Å². The molecule has 28 heavy (non-hydrogen) atoms. The van der Waals surface area contributed by atoms with E-state index in [-0.39, 0.29) is 0 Å². The van der Waals surface area contributed by atoms with Gasteiger partial charge in [-0.25, -0.2) is 4.68 Å². The predicted octanol–water partition coefficient (Wildman–Crippen LogP) is 3.89. The van der Waals surface area contributed by atoms with E-state index in [0.29, 0.717) is 29.2 Å². The molecule has 5 nitrogen and oxygen atoms in total. The van der Waals surface area contributed by atoms with E-state index < -0.39 is 11.7 Å². The number of benzene rings is 2. The smallest absolute Gasteiger partial charge is 0.292 e. The van der Waals surface area contributed by atoms with Crippen molar-refractivity contribution in [2.24, 2.45) is 0 Å². The molecule has 144 valence electrons. The SMILES string of the molecule is Cc1ccc(SCCNC(=O)C(=O)c2c(C)nn(-c3ccccc3)c2C)cc1. The van der Waals surface area contributed by atoms with Crippen LogP contribution in [0.3, 0.4) is 0 Å². The minimum atomic E-state index is -0.594. The van der Waals surface area contributed by atoms with Crippen LogP contribution in [0.15, 0.2) is 59.5 Å². The Balaban J connectivity index is 1.61. The lowest BCUT2D eigenvalue weighted by molar-refractivity contribution is -0.116. The summed E-state index contributed by atoms with van der Waals surface area (Å²) in [7, 11) is 0. The largest absolute Gasteiger partial charge is 0.348 e. The molecule has 1 N–H and O–H groups in total. The summed E-state index contributed by atoms with van der Waals surface area (Å²) in [6.45, 7) is 6.03. The first kappa shape index (κ1) is 19.9. The molecule has 0 saturated carbocycles. The fourth-order valence-corrected chi connectivity index (χ4v) is 3.72. The van der Waals surface area contributed by atoms with Crippen LogP contribution in [0.2, 0.25) is 0 Å². The van der Waals surface area contributed by atoms with E-state index in [0.717, 1.165) is 10.6 Å². The second kappa shape index (κ2) is 8.89. The molecule has 1 heterocycles. The second-order valence-electron chi connectivity index (χ2n) is 6.54. The molecule has 0 atom stereocenters. The first-order valence-corrected chi connectivity index (χ1v) is 10.1. The van der Waals surface area contributed by atoms with E-state index in [2.05, 4.69) is 34.7 Å². The van der Waals surface area contributed by atoms with Crippen molar-refractivity contribution in [3.05, 3.63) is 77.1 Å². The van der Waals surface area contributed by atoms with Gasteiger partial charge in [-0.15, -0.1) is 11.8 Å². The molecular weight excluding hydrogens is 370 g/mol. The van der Waals surface area contributed by atoms with Crippen molar-refractivity contribution in [1.29, 1.82) is 0 Å². The molecule has 0 unspecified atom stereocenters. The summed E-state index contributed by atoms with van der Waals surface area (Å²) >= 11 is 1.64. The third kappa shape index (κ3) is 4.51. The number of nitrogens with zero attached hydrogens (tertiary/aromatic N) is 2. The van der Waals surface area contributed by atoms with Crippen LogP contribution >= 0.6 is 11.8 Å². The van der Waals surface area contributed by atoms with Crippen LogP contribution in [0.1, 0.15) is 27.3 Å². The van der Waals surface area contributed by atoms with Gasteiger partial charge in [-0.1, -0.05) is 35.9 Å². The van der Waals surface area contributed by atoms with Crippen molar-refractivity contribution in [2.45, 2.75) is 25.7 Å². The highest BCUT2D eigenvalue weighted by atomic mass is 32.2. The van der Waals surface area contributed by atoms with Crippen molar-refractivity contribution in [3.8, 4) is 5.69 Å². The van der Waals surface area contributed by atoms with Gasteiger partial charge in [0.05, 0.1) is 22.6 Å². The van der Waals surface area contributed by atoms with Crippen LogP contribution in [0.25, 0.3) is 5.69 Å². The molecule has 6 heteroatoms. The van der Waals surface area contributed by atoms with Crippen molar-refractivity contribution in [3.63, 3.8) is 0 Å². The summed E-state index contributed by atoms with van der Waals surface area (Å²) in [4.78, 5) is 26.1. The molecule has 1 aromatic heterocycles. The van der Waals surface area contributed by atoms with Crippen LogP contribution in [0, 0.1) is 20.8 Å². The number of Topliss-reactive ketones (excluding diaryl/α,β-unsaturated/α-hetero) is 1. The fourth-order valence-electron chi connectivity index (χ4n) is 2.95. The van der Waals surface area contributed by atoms with Gasteiger partial charge in [0, 0.05) is 17.2 Å². The number of para-hydroxylation sites is 1. The highest BCUT2D eigenvalue weighted by Gasteiger charge is 2.24. The number of hydrogen-bond acceptors (Lipinski definition) is 4. The van der Waals surface area contributed by atoms with Gasteiger partial charge in [-0.3, -0.25) is 9.59 Å². The van der Waals surface area contributed by atoms with Gasteiger partial charge in [-0.05, 0) is 45.0 Å². The molecule has 3 aromatic rings. The maximum absolute atomic E-state index is 12.7. The number of nitrogens with one attached hydrogen (secondary N) is 1. The Bertz CT molecular complexity index is 979. The second-order valence-corrected chi connectivity index (χ2v) is 7.71.